The Bertz CT molecular complexity index is 929. The van der Waals surface area contributed by atoms with Crippen LogP contribution in [-0.2, 0) is 12.8 Å². The largest absolute Gasteiger partial charge is 0.297 e. The molecular weight excluding hydrogens is 484 g/mol. The number of halogens is 2. The third kappa shape index (κ3) is 3.74. The highest BCUT2D eigenvalue weighted by atomic mass is 79.9. The maximum Gasteiger partial charge on any atom is 0.267 e. The third-order valence-electron chi connectivity index (χ3n) is 4.24. The summed E-state index contributed by atoms with van der Waals surface area (Å²) < 4.78 is 1.79. The Morgan fingerprint density at radius 1 is 1.12 bits per heavy atom. The first-order chi connectivity index (χ1) is 12.1. The topological polar surface area (TPSA) is 42.0 Å². The van der Waals surface area contributed by atoms with Crippen LogP contribution >= 0.6 is 54.5 Å². The number of thiophene rings is 1. The molecule has 1 aliphatic carbocycles. The lowest BCUT2D eigenvalue weighted by atomic mass is 9.90. The molecule has 0 saturated carbocycles. The van der Waals surface area contributed by atoms with Gasteiger partial charge in [-0.05, 0) is 80.8 Å². The van der Waals surface area contributed by atoms with Crippen molar-refractivity contribution in [3.63, 3.8) is 0 Å². The fourth-order valence-electron chi connectivity index (χ4n) is 2.97. The molecule has 0 atom stereocenters. The zero-order valence-corrected chi connectivity index (χ0v) is 17.9. The van der Waals surface area contributed by atoms with Gasteiger partial charge in [-0.15, -0.1) is 22.7 Å². The van der Waals surface area contributed by atoms with Gasteiger partial charge in [0.2, 0.25) is 0 Å². The van der Waals surface area contributed by atoms with E-state index in [9.17, 15) is 4.79 Å². The fraction of sp³-hybridized carbons (Fsp3) is 0.222. The summed E-state index contributed by atoms with van der Waals surface area (Å²) in [5.41, 5.74) is 4.95. The summed E-state index contributed by atoms with van der Waals surface area (Å²) >= 11 is 9.67. The minimum absolute atomic E-state index is 0.136. The molecule has 1 amide bonds. The summed E-state index contributed by atoms with van der Waals surface area (Å²) in [5, 5.41) is 5.51. The van der Waals surface area contributed by atoms with E-state index in [0.717, 1.165) is 25.9 Å². The molecule has 25 heavy (non-hydrogen) atoms. The van der Waals surface area contributed by atoms with Gasteiger partial charge in [0.1, 0.15) is 0 Å². The molecule has 2 heterocycles. The predicted molar refractivity (Wildman–Crippen MR) is 112 cm³/mol. The van der Waals surface area contributed by atoms with Crippen LogP contribution < -0.4 is 5.32 Å². The lowest BCUT2D eigenvalue weighted by Crippen LogP contribution is -2.09. The number of nitrogens with one attached hydrogen (secondary N) is 1. The van der Waals surface area contributed by atoms with Crippen molar-refractivity contribution in [2.75, 3.05) is 5.32 Å². The molecule has 1 aromatic carbocycles. The van der Waals surface area contributed by atoms with Crippen molar-refractivity contribution in [3.8, 4) is 11.3 Å². The van der Waals surface area contributed by atoms with Gasteiger partial charge in [0.15, 0.2) is 5.13 Å². The van der Waals surface area contributed by atoms with Gasteiger partial charge in [-0.3, -0.25) is 10.1 Å². The van der Waals surface area contributed by atoms with E-state index in [2.05, 4.69) is 60.4 Å². The van der Waals surface area contributed by atoms with E-state index in [0.29, 0.717) is 10.0 Å². The highest BCUT2D eigenvalue weighted by Crippen LogP contribution is 2.33. The molecule has 3 aromatic rings. The minimum atomic E-state index is -0.136. The number of nitrogens with zero attached hydrogens (tertiary/aromatic N) is 1. The van der Waals surface area contributed by atoms with Crippen molar-refractivity contribution in [2.24, 2.45) is 0 Å². The number of carbonyl (C=O) groups is 1. The molecule has 0 bridgehead atoms. The Kier molecular flexibility index (Phi) is 5.08. The monoisotopic (exact) mass is 496 g/mol. The van der Waals surface area contributed by atoms with Crippen LogP contribution in [0.25, 0.3) is 11.3 Å². The van der Waals surface area contributed by atoms with Gasteiger partial charge < -0.3 is 0 Å². The zero-order chi connectivity index (χ0) is 17.4. The Morgan fingerprint density at radius 3 is 2.68 bits per heavy atom. The van der Waals surface area contributed by atoms with Gasteiger partial charge in [-0.2, -0.15) is 0 Å². The second-order valence-electron chi connectivity index (χ2n) is 5.91. The summed E-state index contributed by atoms with van der Waals surface area (Å²) in [6.07, 6.45) is 4.88. The summed E-state index contributed by atoms with van der Waals surface area (Å²) in [6, 6.07) is 8.42. The number of aryl methyl sites for hydroxylation is 2. The maximum absolute atomic E-state index is 12.3. The number of rotatable bonds is 3. The molecule has 7 heteroatoms. The molecule has 128 valence electrons. The number of benzene rings is 1. The van der Waals surface area contributed by atoms with Gasteiger partial charge >= 0.3 is 0 Å². The number of anilines is 1. The van der Waals surface area contributed by atoms with E-state index in [-0.39, 0.29) is 5.91 Å². The Balaban J connectivity index is 1.53. The molecule has 1 N–H and O–H groups in total. The van der Waals surface area contributed by atoms with Crippen molar-refractivity contribution in [3.05, 3.63) is 53.9 Å². The minimum Gasteiger partial charge on any atom is -0.297 e. The SMILES string of the molecule is O=C(Nc1nc(-c2ccc3c(c2)CCCC3)cs1)c1cc(Br)c(Br)s1. The second kappa shape index (κ2) is 7.31. The molecule has 0 aliphatic heterocycles. The third-order valence-corrected chi connectivity index (χ3v) is 8.25. The number of thiazole rings is 1. The van der Waals surface area contributed by atoms with E-state index in [1.807, 2.05) is 11.4 Å². The molecule has 0 spiro atoms. The van der Waals surface area contributed by atoms with Gasteiger partial charge in [0.05, 0.1) is 14.4 Å². The van der Waals surface area contributed by atoms with Gasteiger partial charge in [-0.25, -0.2) is 4.98 Å². The first-order valence-electron chi connectivity index (χ1n) is 7.94. The standard InChI is InChI=1S/C18H14Br2N2OS2/c19-13-8-15(25-16(13)20)17(23)22-18-21-14(9-24-18)12-6-5-10-3-1-2-4-11(10)7-12/h5-9H,1-4H2,(H,21,22,23). The molecule has 0 fully saturated rings. The van der Waals surface area contributed by atoms with Crippen LogP contribution in [0.3, 0.4) is 0 Å². The van der Waals surface area contributed by atoms with Crippen LogP contribution in [0.5, 0.6) is 0 Å². The van der Waals surface area contributed by atoms with E-state index in [1.165, 1.54) is 53.1 Å². The highest BCUT2D eigenvalue weighted by molar-refractivity contribution is 9.13. The molecule has 0 saturated heterocycles. The van der Waals surface area contributed by atoms with Crippen molar-refractivity contribution in [1.29, 1.82) is 0 Å². The number of amides is 1. The number of carbonyl (C=O) groups excluding carboxylic acids is 1. The lowest BCUT2D eigenvalue weighted by molar-refractivity contribution is 0.103. The Labute approximate surface area is 170 Å². The summed E-state index contributed by atoms with van der Waals surface area (Å²) in [6.45, 7) is 0. The quantitative estimate of drug-likeness (QED) is 0.447. The van der Waals surface area contributed by atoms with Crippen molar-refractivity contribution < 1.29 is 4.79 Å². The number of hydrogen-bond acceptors (Lipinski definition) is 4. The first kappa shape index (κ1) is 17.4. The molecule has 3 nitrogen and oxygen atoms in total. The van der Waals surface area contributed by atoms with Gasteiger partial charge in [0, 0.05) is 15.4 Å². The summed E-state index contributed by atoms with van der Waals surface area (Å²) in [7, 11) is 0. The van der Waals surface area contributed by atoms with E-state index in [1.54, 1.807) is 0 Å². The average Bonchev–Trinajstić information content (AvgIpc) is 3.21. The van der Waals surface area contributed by atoms with Crippen LogP contribution in [0.1, 0.15) is 33.6 Å². The van der Waals surface area contributed by atoms with Crippen LogP contribution in [0, 0.1) is 0 Å². The molecule has 4 rings (SSSR count). The lowest BCUT2D eigenvalue weighted by Gasteiger charge is -2.16. The highest BCUT2D eigenvalue weighted by Gasteiger charge is 2.15. The van der Waals surface area contributed by atoms with Crippen LogP contribution in [0.4, 0.5) is 5.13 Å². The second-order valence-corrected chi connectivity index (χ2v) is 10.00. The van der Waals surface area contributed by atoms with Crippen LogP contribution in [-0.4, -0.2) is 10.9 Å². The average molecular weight is 498 g/mol. The van der Waals surface area contributed by atoms with Crippen LogP contribution in [0.2, 0.25) is 0 Å². The Hall–Kier alpha value is -1.02. The van der Waals surface area contributed by atoms with Crippen molar-refractivity contribution in [2.45, 2.75) is 25.7 Å². The number of aromatic nitrogens is 1. The van der Waals surface area contributed by atoms with Crippen molar-refractivity contribution >= 4 is 65.6 Å². The normalized spacial score (nSPS) is 13.5. The molecular formula is C18H14Br2N2OS2. The van der Waals surface area contributed by atoms with Gasteiger partial charge in [-0.1, -0.05) is 12.1 Å². The molecule has 0 unspecified atom stereocenters. The number of hydrogen-bond donors (Lipinski definition) is 1. The van der Waals surface area contributed by atoms with E-state index < -0.39 is 0 Å². The first-order valence-corrected chi connectivity index (χ1v) is 11.2. The van der Waals surface area contributed by atoms with E-state index >= 15 is 0 Å². The molecule has 0 radical (unpaired) electrons. The fourth-order valence-corrected chi connectivity index (χ4v) is 5.62. The maximum atomic E-state index is 12.3. The molecule has 1 aliphatic rings. The Morgan fingerprint density at radius 2 is 1.92 bits per heavy atom. The zero-order valence-electron chi connectivity index (χ0n) is 13.1. The van der Waals surface area contributed by atoms with Crippen LogP contribution in [0.15, 0.2) is 37.9 Å². The van der Waals surface area contributed by atoms with Gasteiger partial charge in [0.25, 0.3) is 5.91 Å². The smallest absolute Gasteiger partial charge is 0.267 e. The number of fused-ring (bicyclic) bond motifs is 1. The molecule has 2 aromatic heterocycles. The van der Waals surface area contributed by atoms with E-state index in [4.69, 9.17) is 0 Å². The summed E-state index contributed by atoms with van der Waals surface area (Å²) in [5.74, 6) is -0.136. The summed E-state index contributed by atoms with van der Waals surface area (Å²) in [4.78, 5) is 17.6. The predicted octanol–water partition coefficient (Wildman–Crippen LogP) is 6.53. The van der Waals surface area contributed by atoms with Crippen molar-refractivity contribution in [1.82, 2.24) is 4.98 Å².